The largest absolute Gasteiger partial charge is 0.393 e. The molecule has 0 heterocycles. The van der Waals surface area contributed by atoms with E-state index in [1.165, 1.54) is 0 Å². The van der Waals surface area contributed by atoms with Gasteiger partial charge in [0, 0.05) is 6.54 Å². The first-order valence-electron chi connectivity index (χ1n) is 5.92. The molecule has 2 N–H and O–H groups in total. The standard InChI is InChI=1S/C13H16ClF2NO2/c1-7(3-8(2)18)6-17-13(19)9-4-11(15)12(16)5-10(9)14/h4-5,7-8,18H,3,6H2,1-2H3,(H,17,19). The fourth-order valence-corrected chi connectivity index (χ4v) is 1.96. The van der Waals surface area contributed by atoms with E-state index in [9.17, 15) is 18.7 Å². The lowest BCUT2D eigenvalue weighted by molar-refractivity contribution is 0.0939. The van der Waals surface area contributed by atoms with Gasteiger partial charge in [-0.2, -0.15) is 0 Å². The number of carbonyl (C=O) groups excluding carboxylic acids is 1. The van der Waals surface area contributed by atoms with Crippen LogP contribution in [-0.2, 0) is 0 Å². The molecule has 2 unspecified atom stereocenters. The maximum atomic E-state index is 13.0. The van der Waals surface area contributed by atoms with Crippen molar-refractivity contribution in [3.63, 3.8) is 0 Å². The van der Waals surface area contributed by atoms with E-state index in [1.807, 2.05) is 6.92 Å². The number of rotatable bonds is 5. The van der Waals surface area contributed by atoms with Crippen molar-refractivity contribution in [2.45, 2.75) is 26.4 Å². The molecule has 1 rings (SSSR count). The maximum absolute atomic E-state index is 13.0. The molecule has 1 aromatic rings. The molecular formula is C13H16ClF2NO2. The Morgan fingerprint density at radius 2 is 1.95 bits per heavy atom. The summed E-state index contributed by atoms with van der Waals surface area (Å²) < 4.78 is 25.9. The van der Waals surface area contributed by atoms with Gasteiger partial charge in [0.2, 0.25) is 0 Å². The minimum atomic E-state index is -1.12. The fourth-order valence-electron chi connectivity index (χ4n) is 1.72. The van der Waals surface area contributed by atoms with Gasteiger partial charge in [0.25, 0.3) is 5.91 Å². The monoisotopic (exact) mass is 291 g/mol. The minimum Gasteiger partial charge on any atom is -0.393 e. The molecular weight excluding hydrogens is 276 g/mol. The molecule has 0 saturated heterocycles. The number of aliphatic hydroxyl groups is 1. The summed E-state index contributed by atoms with van der Waals surface area (Å²) in [6.45, 7) is 3.84. The predicted octanol–water partition coefficient (Wildman–Crippen LogP) is 2.76. The SMILES string of the molecule is CC(O)CC(C)CNC(=O)c1cc(F)c(F)cc1Cl. The molecule has 0 spiro atoms. The number of nitrogens with one attached hydrogen (secondary N) is 1. The third-order valence-electron chi connectivity index (χ3n) is 2.61. The molecule has 3 nitrogen and oxygen atoms in total. The highest BCUT2D eigenvalue weighted by atomic mass is 35.5. The topological polar surface area (TPSA) is 49.3 Å². The zero-order chi connectivity index (χ0) is 14.6. The highest BCUT2D eigenvalue weighted by molar-refractivity contribution is 6.33. The van der Waals surface area contributed by atoms with Crippen LogP contribution in [0, 0.1) is 17.6 Å². The van der Waals surface area contributed by atoms with Crippen molar-refractivity contribution in [1.29, 1.82) is 0 Å². The molecule has 19 heavy (non-hydrogen) atoms. The smallest absolute Gasteiger partial charge is 0.252 e. The van der Waals surface area contributed by atoms with Crippen LogP contribution < -0.4 is 5.32 Å². The predicted molar refractivity (Wildman–Crippen MR) is 69.2 cm³/mol. The zero-order valence-electron chi connectivity index (χ0n) is 10.7. The molecule has 0 aliphatic carbocycles. The Labute approximate surface area is 115 Å². The second kappa shape index (κ2) is 6.82. The lowest BCUT2D eigenvalue weighted by Gasteiger charge is -2.14. The summed E-state index contributed by atoms with van der Waals surface area (Å²) in [5.41, 5.74) is -0.107. The van der Waals surface area contributed by atoms with Gasteiger partial charge in [0.15, 0.2) is 11.6 Å². The van der Waals surface area contributed by atoms with Crippen LogP contribution in [0.1, 0.15) is 30.6 Å². The molecule has 1 amide bonds. The molecule has 0 bridgehead atoms. The highest BCUT2D eigenvalue weighted by Gasteiger charge is 2.15. The number of halogens is 3. The lowest BCUT2D eigenvalue weighted by atomic mass is 10.0. The molecule has 106 valence electrons. The van der Waals surface area contributed by atoms with Crippen LogP contribution in [0.2, 0.25) is 5.02 Å². The molecule has 6 heteroatoms. The molecule has 0 aliphatic heterocycles. The van der Waals surface area contributed by atoms with Crippen molar-refractivity contribution < 1.29 is 18.7 Å². The van der Waals surface area contributed by atoms with Crippen molar-refractivity contribution in [1.82, 2.24) is 5.32 Å². The average molecular weight is 292 g/mol. The Kier molecular flexibility index (Phi) is 5.69. The van der Waals surface area contributed by atoms with Gasteiger partial charge < -0.3 is 10.4 Å². The Morgan fingerprint density at radius 1 is 1.37 bits per heavy atom. The van der Waals surface area contributed by atoms with Gasteiger partial charge in [-0.05, 0) is 31.4 Å². The van der Waals surface area contributed by atoms with Gasteiger partial charge in [-0.1, -0.05) is 18.5 Å². The van der Waals surface area contributed by atoms with E-state index < -0.39 is 23.6 Å². The first-order valence-corrected chi connectivity index (χ1v) is 6.29. The van der Waals surface area contributed by atoms with Crippen LogP contribution in [0.4, 0.5) is 8.78 Å². The van der Waals surface area contributed by atoms with Crippen LogP contribution in [0.25, 0.3) is 0 Å². The van der Waals surface area contributed by atoms with E-state index in [1.54, 1.807) is 6.92 Å². The molecule has 0 aliphatic rings. The maximum Gasteiger partial charge on any atom is 0.252 e. The average Bonchev–Trinajstić information content (AvgIpc) is 2.30. The number of hydrogen-bond donors (Lipinski definition) is 2. The van der Waals surface area contributed by atoms with E-state index in [0.29, 0.717) is 13.0 Å². The van der Waals surface area contributed by atoms with Crippen LogP contribution in [0.5, 0.6) is 0 Å². The zero-order valence-corrected chi connectivity index (χ0v) is 11.5. The summed E-state index contributed by atoms with van der Waals surface area (Å²) in [5.74, 6) is -2.72. The third-order valence-corrected chi connectivity index (χ3v) is 2.92. The Morgan fingerprint density at radius 3 is 2.53 bits per heavy atom. The molecule has 2 atom stereocenters. The highest BCUT2D eigenvalue weighted by Crippen LogP contribution is 2.20. The van der Waals surface area contributed by atoms with Gasteiger partial charge in [-0.15, -0.1) is 0 Å². The molecule has 0 aromatic heterocycles. The third kappa shape index (κ3) is 4.76. The van der Waals surface area contributed by atoms with Gasteiger partial charge >= 0.3 is 0 Å². The Bertz CT molecular complexity index is 466. The van der Waals surface area contributed by atoms with E-state index in [4.69, 9.17) is 11.6 Å². The second-order valence-corrected chi connectivity index (χ2v) is 5.05. The molecule has 0 fully saturated rings. The van der Waals surface area contributed by atoms with Crippen molar-refractivity contribution in [3.05, 3.63) is 34.4 Å². The van der Waals surface area contributed by atoms with Crippen molar-refractivity contribution in [2.75, 3.05) is 6.54 Å². The van der Waals surface area contributed by atoms with Crippen LogP contribution in [-0.4, -0.2) is 23.7 Å². The first-order chi connectivity index (χ1) is 8.81. The van der Waals surface area contributed by atoms with Gasteiger partial charge in [0.05, 0.1) is 16.7 Å². The summed E-state index contributed by atoms with van der Waals surface area (Å²) in [6.07, 6.45) is 0.0740. The number of amides is 1. The van der Waals surface area contributed by atoms with E-state index in [2.05, 4.69) is 5.32 Å². The number of hydrogen-bond acceptors (Lipinski definition) is 2. The minimum absolute atomic E-state index is 0.0630. The Hall–Kier alpha value is -1.20. The van der Waals surface area contributed by atoms with Gasteiger partial charge in [-0.25, -0.2) is 8.78 Å². The quantitative estimate of drug-likeness (QED) is 0.820. The van der Waals surface area contributed by atoms with E-state index >= 15 is 0 Å². The molecule has 0 saturated carbocycles. The van der Waals surface area contributed by atoms with Crippen molar-refractivity contribution >= 4 is 17.5 Å². The summed E-state index contributed by atoms with van der Waals surface area (Å²) in [5, 5.41) is 11.6. The van der Waals surface area contributed by atoms with Crippen molar-refractivity contribution in [3.8, 4) is 0 Å². The normalized spacial score (nSPS) is 14.0. The van der Waals surface area contributed by atoms with E-state index in [0.717, 1.165) is 12.1 Å². The summed E-state index contributed by atoms with van der Waals surface area (Å²) in [4.78, 5) is 11.8. The number of aliphatic hydroxyl groups excluding tert-OH is 1. The fraction of sp³-hybridized carbons (Fsp3) is 0.462. The summed E-state index contributed by atoms with van der Waals surface area (Å²) in [7, 11) is 0. The molecule has 0 radical (unpaired) electrons. The summed E-state index contributed by atoms with van der Waals surface area (Å²) >= 11 is 5.69. The van der Waals surface area contributed by atoms with Crippen molar-refractivity contribution in [2.24, 2.45) is 5.92 Å². The lowest BCUT2D eigenvalue weighted by Crippen LogP contribution is -2.29. The number of carbonyl (C=O) groups is 1. The first kappa shape index (κ1) is 15.9. The number of benzene rings is 1. The summed E-state index contributed by atoms with van der Waals surface area (Å²) in [6, 6.07) is 1.54. The van der Waals surface area contributed by atoms with Gasteiger partial charge in [0.1, 0.15) is 0 Å². The molecule has 1 aromatic carbocycles. The van der Waals surface area contributed by atoms with Crippen LogP contribution >= 0.6 is 11.6 Å². The second-order valence-electron chi connectivity index (χ2n) is 4.65. The van der Waals surface area contributed by atoms with Crippen LogP contribution in [0.3, 0.4) is 0 Å². The van der Waals surface area contributed by atoms with E-state index in [-0.39, 0.29) is 16.5 Å². The Balaban J connectivity index is 2.66. The van der Waals surface area contributed by atoms with Gasteiger partial charge in [-0.3, -0.25) is 4.79 Å². The van der Waals surface area contributed by atoms with Crippen LogP contribution in [0.15, 0.2) is 12.1 Å².